The lowest BCUT2D eigenvalue weighted by atomic mass is 9.87. The number of nitrogens with zero attached hydrogens (tertiary/aromatic N) is 1. The molecule has 2 aliphatic rings. The highest BCUT2D eigenvalue weighted by molar-refractivity contribution is 5.85. The van der Waals surface area contributed by atoms with Gasteiger partial charge in [0.15, 0.2) is 0 Å². The summed E-state index contributed by atoms with van der Waals surface area (Å²) in [6.45, 7) is 2.53. The quantitative estimate of drug-likeness (QED) is 0.679. The van der Waals surface area contributed by atoms with Gasteiger partial charge in [0.05, 0.1) is 0 Å². The molecule has 0 aromatic rings. The van der Waals surface area contributed by atoms with Gasteiger partial charge in [-0.25, -0.2) is 0 Å². The van der Waals surface area contributed by atoms with Crippen molar-refractivity contribution in [2.45, 2.75) is 25.3 Å². The van der Waals surface area contributed by atoms with Crippen LogP contribution in [0.4, 0.5) is 0 Å². The van der Waals surface area contributed by atoms with Gasteiger partial charge in [0, 0.05) is 12.6 Å². The van der Waals surface area contributed by atoms with Crippen LogP contribution in [0.3, 0.4) is 0 Å². The molecule has 0 spiro atoms. The summed E-state index contributed by atoms with van der Waals surface area (Å²) in [4.78, 5) is 2.42. The van der Waals surface area contributed by atoms with Crippen LogP contribution in [0.1, 0.15) is 19.3 Å². The summed E-state index contributed by atoms with van der Waals surface area (Å²) in [7, 11) is 2.21. The molecule has 1 heterocycles. The number of rotatable bonds is 0. The highest BCUT2D eigenvalue weighted by Gasteiger charge is 2.36. The number of halogens is 2. The molecule has 1 saturated carbocycles. The molecule has 3 atom stereocenters. The fourth-order valence-electron chi connectivity index (χ4n) is 2.66. The summed E-state index contributed by atoms with van der Waals surface area (Å²) in [6, 6.07) is 0.503. The van der Waals surface area contributed by atoms with E-state index in [1.807, 2.05) is 0 Å². The minimum atomic E-state index is 0. The normalized spacial score (nSPS) is 38.8. The molecule has 1 aliphatic heterocycles. The second-order valence-electron chi connectivity index (χ2n) is 4.22. The molecule has 1 aliphatic carbocycles. The Morgan fingerprint density at radius 2 is 1.85 bits per heavy atom. The number of hydrogen-bond donors (Lipinski definition) is 1. The highest BCUT2D eigenvalue weighted by atomic mass is 35.5. The van der Waals surface area contributed by atoms with Crippen molar-refractivity contribution in [3.05, 3.63) is 0 Å². The van der Waals surface area contributed by atoms with E-state index >= 15 is 0 Å². The largest absolute Gasteiger partial charge is 0.327 e. The van der Waals surface area contributed by atoms with Crippen molar-refractivity contribution < 1.29 is 0 Å². The van der Waals surface area contributed by atoms with Crippen LogP contribution >= 0.6 is 24.8 Å². The molecule has 80 valence electrons. The van der Waals surface area contributed by atoms with E-state index in [1.165, 1.54) is 32.4 Å². The number of fused-ring (bicyclic) bond motifs is 1. The summed E-state index contributed by atoms with van der Waals surface area (Å²) in [5, 5.41) is 0. The summed E-state index contributed by atoms with van der Waals surface area (Å²) in [6.07, 6.45) is 4.04. The van der Waals surface area contributed by atoms with Gasteiger partial charge < -0.3 is 10.6 Å². The maximum Gasteiger partial charge on any atom is 0.00821 e. The Morgan fingerprint density at radius 3 is 2.54 bits per heavy atom. The molecule has 2 fully saturated rings. The predicted octanol–water partition coefficient (Wildman–Crippen LogP) is 1.52. The molecule has 1 saturated heterocycles. The van der Waals surface area contributed by atoms with Crippen molar-refractivity contribution >= 4 is 24.8 Å². The Balaban J connectivity index is 0.000000720. The van der Waals surface area contributed by atoms with Crippen molar-refractivity contribution in [1.29, 1.82) is 0 Å². The molecule has 0 aromatic carbocycles. The maximum atomic E-state index is 6.02. The fraction of sp³-hybridized carbons (Fsp3) is 1.00. The van der Waals surface area contributed by atoms with Crippen LogP contribution in [0.15, 0.2) is 0 Å². The van der Waals surface area contributed by atoms with Gasteiger partial charge in [-0.05, 0) is 44.7 Å². The molecule has 2 rings (SSSR count). The average Bonchev–Trinajstić information content (AvgIpc) is 2.33. The van der Waals surface area contributed by atoms with E-state index in [0.29, 0.717) is 6.04 Å². The molecule has 0 amide bonds. The Bertz CT molecular complexity index is 155. The van der Waals surface area contributed by atoms with E-state index in [9.17, 15) is 0 Å². The number of hydrogen-bond acceptors (Lipinski definition) is 2. The fourth-order valence-corrected chi connectivity index (χ4v) is 2.66. The van der Waals surface area contributed by atoms with Crippen molar-refractivity contribution in [3.8, 4) is 0 Å². The zero-order chi connectivity index (χ0) is 7.84. The van der Waals surface area contributed by atoms with Gasteiger partial charge in [-0.2, -0.15) is 0 Å². The maximum absolute atomic E-state index is 6.02. The van der Waals surface area contributed by atoms with Crippen LogP contribution in [0, 0.1) is 11.8 Å². The van der Waals surface area contributed by atoms with Gasteiger partial charge in [-0.3, -0.25) is 0 Å². The smallest absolute Gasteiger partial charge is 0.00821 e. The standard InChI is InChI=1S/C9H18N2.2ClH/c1-11-5-4-7-2-3-9(10)8(7)6-11;;/h7-9H,2-6,10H2,1H3;2*1H/t7-,8+,9?;;/m0../s1. The first-order valence-electron chi connectivity index (χ1n) is 4.71. The van der Waals surface area contributed by atoms with Crippen LogP contribution in [0.25, 0.3) is 0 Å². The molecule has 2 N–H and O–H groups in total. The van der Waals surface area contributed by atoms with Gasteiger partial charge in [-0.15, -0.1) is 24.8 Å². The predicted molar refractivity (Wildman–Crippen MR) is 60.8 cm³/mol. The van der Waals surface area contributed by atoms with Crippen LogP contribution in [0.5, 0.6) is 0 Å². The minimum absolute atomic E-state index is 0. The number of likely N-dealkylation sites (tertiary alicyclic amines) is 1. The first-order valence-corrected chi connectivity index (χ1v) is 4.71. The van der Waals surface area contributed by atoms with Crippen LogP contribution in [-0.2, 0) is 0 Å². The van der Waals surface area contributed by atoms with Gasteiger partial charge in [0.25, 0.3) is 0 Å². The van der Waals surface area contributed by atoms with Crippen LogP contribution < -0.4 is 5.73 Å². The molecule has 0 aromatic heterocycles. The van der Waals surface area contributed by atoms with Crippen molar-refractivity contribution in [1.82, 2.24) is 4.90 Å². The summed E-state index contributed by atoms with van der Waals surface area (Å²) in [5.74, 6) is 1.77. The van der Waals surface area contributed by atoms with E-state index in [4.69, 9.17) is 5.73 Å². The van der Waals surface area contributed by atoms with E-state index in [1.54, 1.807) is 0 Å². The number of piperidine rings is 1. The molecule has 1 unspecified atom stereocenters. The number of nitrogens with two attached hydrogens (primary N) is 1. The highest BCUT2D eigenvalue weighted by Crippen LogP contribution is 2.36. The van der Waals surface area contributed by atoms with E-state index in [2.05, 4.69) is 11.9 Å². The molecule has 2 nitrogen and oxygen atoms in total. The first-order chi connectivity index (χ1) is 5.27. The van der Waals surface area contributed by atoms with Crippen LogP contribution in [0.2, 0.25) is 0 Å². The third-order valence-electron chi connectivity index (χ3n) is 3.43. The molecule has 4 heteroatoms. The molecular weight excluding hydrogens is 207 g/mol. The second kappa shape index (κ2) is 5.40. The SMILES string of the molecule is CN1CC[C@@H]2CCC(N)[C@@H]2C1.Cl.Cl. The first kappa shape index (κ1) is 13.5. The van der Waals surface area contributed by atoms with Crippen molar-refractivity contribution in [3.63, 3.8) is 0 Å². The summed E-state index contributed by atoms with van der Waals surface area (Å²) in [5.41, 5.74) is 6.02. The Hall–Kier alpha value is 0.500. The van der Waals surface area contributed by atoms with Gasteiger partial charge in [-0.1, -0.05) is 0 Å². The van der Waals surface area contributed by atoms with Gasteiger partial charge in [0.1, 0.15) is 0 Å². The lowest BCUT2D eigenvalue weighted by Gasteiger charge is -2.34. The van der Waals surface area contributed by atoms with Crippen molar-refractivity contribution in [2.75, 3.05) is 20.1 Å². The Kier molecular flexibility index (Phi) is 5.61. The summed E-state index contributed by atoms with van der Waals surface area (Å²) >= 11 is 0. The van der Waals surface area contributed by atoms with Gasteiger partial charge >= 0.3 is 0 Å². The average molecular weight is 227 g/mol. The monoisotopic (exact) mass is 226 g/mol. The topological polar surface area (TPSA) is 29.3 Å². The zero-order valence-corrected chi connectivity index (χ0v) is 9.74. The third kappa shape index (κ3) is 2.72. The zero-order valence-electron chi connectivity index (χ0n) is 8.11. The lowest BCUT2D eigenvalue weighted by Crippen LogP contribution is -2.42. The molecule has 13 heavy (non-hydrogen) atoms. The molecule has 0 radical (unpaired) electrons. The van der Waals surface area contributed by atoms with E-state index in [-0.39, 0.29) is 24.8 Å². The van der Waals surface area contributed by atoms with E-state index in [0.717, 1.165) is 11.8 Å². The molecular formula is C9H20Cl2N2. The van der Waals surface area contributed by atoms with Gasteiger partial charge in [0.2, 0.25) is 0 Å². The van der Waals surface area contributed by atoms with Crippen molar-refractivity contribution in [2.24, 2.45) is 17.6 Å². The Morgan fingerprint density at radius 1 is 1.15 bits per heavy atom. The van der Waals surface area contributed by atoms with E-state index < -0.39 is 0 Å². The minimum Gasteiger partial charge on any atom is -0.327 e. The van der Waals surface area contributed by atoms with Crippen LogP contribution in [-0.4, -0.2) is 31.1 Å². The third-order valence-corrected chi connectivity index (χ3v) is 3.43. The second-order valence-corrected chi connectivity index (χ2v) is 4.22. The Labute approximate surface area is 93.1 Å². The molecule has 0 bridgehead atoms. The lowest BCUT2D eigenvalue weighted by molar-refractivity contribution is 0.157. The summed E-state index contributed by atoms with van der Waals surface area (Å²) < 4.78 is 0.